The van der Waals surface area contributed by atoms with Crippen molar-refractivity contribution in [2.45, 2.75) is 18.2 Å². The molecule has 0 spiro atoms. The summed E-state index contributed by atoms with van der Waals surface area (Å²) in [6.07, 6.45) is -7.30. The zero-order valence-electron chi connectivity index (χ0n) is 9.78. The molecule has 2 unspecified atom stereocenters. The number of halogens is 3. The molecule has 0 aliphatic carbocycles. The Hall–Kier alpha value is -1.76. The highest BCUT2D eigenvalue weighted by molar-refractivity contribution is 5.85. The van der Waals surface area contributed by atoms with Crippen molar-refractivity contribution >= 4 is 5.91 Å². The van der Waals surface area contributed by atoms with Gasteiger partial charge in [-0.2, -0.15) is 13.2 Å². The van der Waals surface area contributed by atoms with Crippen LogP contribution in [0.15, 0.2) is 24.3 Å². The quantitative estimate of drug-likeness (QED) is 0.871. The van der Waals surface area contributed by atoms with Crippen LogP contribution in [0.3, 0.4) is 0 Å². The lowest BCUT2D eigenvalue weighted by Crippen LogP contribution is -2.42. The fourth-order valence-corrected chi connectivity index (χ4v) is 1.82. The molecule has 1 aromatic rings. The van der Waals surface area contributed by atoms with Crippen LogP contribution in [-0.4, -0.2) is 36.4 Å². The highest BCUT2D eigenvalue weighted by Crippen LogP contribution is 2.33. The molecule has 0 saturated heterocycles. The van der Waals surface area contributed by atoms with Crippen LogP contribution in [0.1, 0.15) is 11.5 Å². The van der Waals surface area contributed by atoms with Crippen molar-refractivity contribution in [2.75, 3.05) is 13.2 Å². The summed E-state index contributed by atoms with van der Waals surface area (Å²) in [6, 6.07) is 6.84. The number of alkyl halides is 3. The number of para-hydroxylation sites is 1. The largest absolute Gasteiger partial charge is 0.492 e. The van der Waals surface area contributed by atoms with E-state index in [0.717, 1.165) is 0 Å². The van der Waals surface area contributed by atoms with Crippen molar-refractivity contribution in [3.63, 3.8) is 0 Å². The summed E-state index contributed by atoms with van der Waals surface area (Å²) in [4.78, 5) is 11.8. The van der Waals surface area contributed by atoms with Crippen LogP contribution in [0.2, 0.25) is 0 Å². The number of carbonyl (C=O) groups excluding carboxylic acids is 1. The first-order valence-electron chi connectivity index (χ1n) is 5.64. The number of hydrogen-bond donors (Lipinski definition) is 2. The standard InChI is InChI=1S/C12H12F3NO3/c13-12(14,15)10(17)5-16-11(18)8-6-19-9-4-2-1-3-7(8)9/h1-4,8,10,17H,5-6H2,(H,16,18). The molecular weight excluding hydrogens is 263 g/mol. The SMILES string of the molecule is O=C(NCC(O)C(F)(F)F)C1COc2ccccc21. The molecule has 1 aliphatic rings. The molecule has 1 aliphatic heterocycles. The van der Waals surface area contributed by atoms with Gasteiger partial charge >= 0.3 is 6.18 Å². The Bertz CT molecular complexity index is 476. The Balaban J connectivity index is 1.96. The molecular formula is C12H12F3NO3. The number of amides is 1. The molecule has 0 fully saturated rings. The first-order valence-corrected chi connectivity index (χ1v) is 5.64. The normalized spacial score (nSPS) is 19.5. The zero-order valence-corrected chi connectivity index (χ0v) is 9.78. The number of aliphatic hydroxyl groups is 1. The molecule has 104 valence electrons. The van der Waals surface area contributed by atoms with Gasteiger partial charge in [0.05, 0.1) is 6.54 Å². The number of ether oxygens (including phenoxy) is 1. The van der Waals surface area contributed by atoms with Gasteiger partial charge in [0.25, 0.3) is 0 Å². The number of nitrogens with one attached hydrogen (secondary N) is 1. The maximum absolute atomic E-state index is 12.1. The van der Waals surface area contributed by atoms with Gasteiger partial charge in [0.15, 0.2) is 6.10 Å². The van der Waals surface area contributed by atoms with E-state index < -0.39 is 30.7 Å². The topological polar surface area (TPSA) is 58.6 Å². The van der Waals surface area contributed by atoms with Crippen LogP contribution in [0, 0.1) is 0 Å². The van der Waals surface area contributed by atoms with E-state index in [2.05, 4.69) is 5.32 Å². The average molecular weight is 275 g/mol. The lowest BCUT2D eigenvalue weighted by atomic mass is 10.0. The molecule has 2 atom stereocenters. The van der Waals surface area contributed by atoms with E-state index in [1.54, 1.807) is 24.3 Å². The van der Waals surface area contributed by atoms with Crippen LogP contribution in [0.5, 0.6) is 5.75 Å². The van der Waals surface area contributed by atoms with Crippen molar-refractivity contribution in [1.29, 1.82) is 0 Å². The summed E-state index contributed by atoms with van der Waals surface area (Å²) < 4.78 is 41.5. The molecule has 0 bridgehead atoms. The van der Waals surface area contributed by atoms with E-state index >= 15 is 0 Å². The molecule has 2 rings (SSSR count). The molecule has 1 aromatic carbocycles. The van der Waals surface area contributed by atoms with E-state index in [1.807, 2.05) is 0 Å². The molecule has 0 saturated carbocycles. The maximum atomic E-state index is 12.1. The highest BCUT2D eigenvalue weighted by Gasteiger charge is 2.39. The van der Waals surface area contributed by atoms with Gasteiger partial charge in [0.1, 0.15) is 18.3 Å². The Labute approximate surface area is 107 Å². The van der Waals surface area contributed by atoms with Gasteiger partial charge in [-0.3, -0.25) is 4.79 Å². The minimum Gasteiger partial charge on any atom is -0.492 e. The van der Waals surface area contributed by atoms with Crippen molar-refractivity contribution < 1.29 is 27.8 Å². The third-order valence-corrected chi connectivity index (χ3v) is 2.86. The third-order valence-electron chi connectivity index (χ3n) is 2.86. The summed E-state index contributed by atoms with van der Waals surface area (Å²) >= 11 is 0. The molecule has 19 heavy (non-hydrogen) atoms. The van der Waals surface area contributed by atoms with Crippen molar-refractivity contribution in [2.24, 2.45) is 0 Å². The van der Waals surface area contributed by atoms with Crippen LogP contribution < -0.4 is 10.1 Å². The third kappa shape index (κ3) is 2.98. The number of rotatable bonds is 3. The monoisotopic (exact) mass is 275 g/mol. The maximum Gasteiger partial charge on any atom is 0.416 e. The predicted molar refractivity (Wildman–Crippen MR) is 59.7 cm³/mol. The van der Waals surface area contributed by atoms with Gasteiger partial charge in [-0.15, -0.1) is 0 Å². The number of hydrogen-bond acceptors (Lipinski definition) is 3. The molecule has 0 aromatic heterocycles. The second-order valence-corrected chi connectivity index (χ2v) is 4.20. The number of fused-ring (bicyclic) bond motifs is 1. The van der Waals surface area contributed by atoms with E-state index in [4.69, 9.17) is 9.84 Å². The highest BCUT2D eigenvalue weighted by atomic mass is 19.4. The van der Waals surface area contributed by atoms with Crippen molar-refractivity contribution in [1.82, 2.24) is 5.32 Å². The Kier molecular flexibility index (Phi) is 3.66. The molecule has 1 heterocycles. The minimum absolute atomic E-state index is 0.0906. The van der Waals surface area contributed by atoms with Crippen LogP contribution in [0.25, 0.3) is 0 Å². The summed E-state index contributed by atoms with van der Waals surface area (Å²) in [5, 5.41) is 10.9. The predicted octanol–water partition coefficient (Wildman–Crippen LogP) is 1.20. The lowest BCUT2D eigenvalue weighted by molar-refractivity contribution is -0.201. The summed E-state index contributed by atoms with van der Waals surface area (Å²) in [7, 11) is 0. The fraction of sp³-hybridized carbons (Fsp3) is 0.417. The molecule has 2 N–H and O–H groups in total. The van der Waals surface area contributed by atoms with Gasteiger partial charge in [-0.1, -0.05) is 18.2 Å². The Morgan fingerprint density at radius 3 is 2.84 bits per heavy atom. The van der Waals surface area contributed by atoms with Gasteiger partial charge in [0.2, 0.25) is 5.91 Å². The summed E-state index contributed by atoms with van der Waals surface area (Å²) in [6.45, 7) is -0.770. The van der Waals surface area contributed by atoms with Gasteiger partial charge in [0, 0.05) is 5.56 Å². The first kappa shape index (κ1) is 13.7. The van der Waals surface area contributed by atoms with Crippen molar-refractivity contribution in [3.05, 3.63) is 29.8 Å². The molecule has 0 radical (unpaired) electrons. The molecule has 1 amide bonds. The summed E-state index contributed by atoms with van der Waals surface area (Å²) in [5.41, 5.74) is 0.640. The second kappa shape index (κ2) is 5.08. The van der Waals surface area contributed by atoms with Gasteiger partial charge < -0.3 is 15.2 Å². The Morgan fingerprint density at radius 2 is 2.16 bits per heavy atom. The average Bonchev–Trinajstić information content (AvgIpc) is 2.78. The number of carbonyl (C=O) groups is 1. The second-order valence-electron chi connectivity index (χ2n) is 4.20. The fourth-order valence-electron chi connectivity index (χ4n) is 1.82. The smallest absolute Gasteiger partial charge is 0.416 e. The van der Waals surface area contributed by atoms with E-state index in [0.29, 0.717) is 11.3 Å². The number of benzene rings is 1. The van der Waals surface area contributed by atoms with Crippen LogP contribution in [0.4, 0.5) is 13.2 Å². The van der Waals surface area contributed by atoms with Gasteiger partial charge in [-0.25, -0.2) is 0 Å². The Morgan fingerprint density at radius 1 is 1.47 bits per heavy atom. The van der Waals surface area contributed by atoms with E-state index in [9.17, 15) is 18.0 Å². The van der Waals surface area contributed by atoms with E-state index in [1.165, 1.54) is 0 Å². The van der Waals surface area contributed by atoms with Crippen molar-refractivity contribution in [3.8, 4) is 5.75 Å². The molecule has 4 nitrogen and oxygen atoms in total. The summed E-state index contributed by atoms with van der Waals surface area (Å²) in [5.74, 6) is -0.677. The minimum atomic E-state index is -4.74. The van der Waals surface area contributed by atoms with Crippen LogP contribution >= 0.6 is 0 Å². The first-order chi connectivity index (χ1) is 8.89. The van der Waals surface area contributed by atoms with E-state index in [-0.39, 0.29) is 6.61 Å². The number of aliphatic hydroxyl groups excluding tert-OH is 1. The molecule has 7 heteroatoms. The lowest BCUT2D eigenvalue weighted by Gasteiger charge is -2.16. The van der Waals surface area contributed by atoms with Crippen LogP contribution in [-0.2, 0) is 4.79 Å². The van der Waals surface area contributed by atoms with Gasteiger partial charge in [-0.05, 0) is 6.07 Å². The zero-order chi connectivity index (χ0) is 14.0.